The van der Waals surface area contributed by atoms with E-state index in [1.54, 1.807) is 12.1 Å². The molecule has 1 nitrogen and oxygen atoms in total. The average molecular weight is 288 g/mol. The van der Waals surface area contributed by atoms with Gasteiger partial charge in [0.2, 0.25) is 0 Å². The van der Waals surface area contributed by atoms with E-state index in [0.717, 1.165) is 18.5 Å². The second-order valence-corrected chi connectivity index (χ2v) is 6.96. The maximum Gasteiger partial charge on any atom is 0.123 e. The van der Waals surface area contributed by atoms with Crippen LogP contribution in [-0.4, -0.2) is 17.0 Å². The van der Waals surface area contributed by atoms with E-state index in [1.807, 2.05) is 11.8 Å². The predicted octanol–water partition coefficient (Wildman–Crippen LogP) is 4.42. The molecule has 2 unspecified atom stereocenters. The summed E-state index contributed by atoms with van der Waals surface area (Å²) in [6.45, 7) is 5.18. The van der Waals surface area contributed by atoms with E-state index in [4.69, 9.17) is 11.6 Å². The van der Waals surface area contributed by atoms with E-state index in [-0.39, 0.29) is 16.6 Å². The standard InChI is InChI=1S/C14H19ClFNS/c1-3-17-13(14(2)7-4-8-18-14)11-9-10(16)5-6-12(11)15/h5-6,9,13,17H,3-4,7-8H2,1-2H3. The van der Waals surface area contributed by atoms with Gasteiger partial charge in [0.15, 0.2) is 0 Å². The molecule has 0 aromatic heterocycles. The third kappa shape index (κ3) is 2.84. The van der Waals surface area contributed by atoms with Gasteiger partial charge in [-0.15, -0.1) is 0 Å². The summed E-state index contributed by atoms with van der Waals surface area (Å²) < 4.78 is 13.6. The largest absolute Gasteiger partial charge is 0.309 e. The average Bonchev–Trinajstić information content (AvgIpc) is 2.77. The topological polar surface area (TPSA) is 12.0 Å². The van der Waals surface area contributed by atoms with E-state index in [1.165, 1.54) is 18.2 Å². The molecule has 100 valence electrons. The number of thioether (sulfide) groups is 1. The fraction of sp³-hybridized carbons (Fsp3) is 0.571. The zero-order valence-corrected chi connectivity index (χ0v) is 12.4. The summed E-state index contributed by atoms with van der Waals surface area (Å²) in [5.74, 6) is 0.953. The minimum atomic E-state index is -0.219. The van der Waals surface area contributed by atoms with Gasteiger partial charge < -0.3 is 5.32 Å². The van der Waals surface area contributed by atoms with Gasteiger partial charge >= 0.3 is 0 Å². The Morgan fingerprint density at radius 2 is 2.33 bits per heavy atom. The van der Waals surface area contributed by atoms with Crippen LogP contribution >= 0.6 is 23.4 Å². The van der Waals surface area contributed by atoms with Crippen molar-refractivity contribution < 1.29 is 4.39 Å². The van der Waals surface area contributed by atoms with Gasteiger partial charge in [-0.2, -0.15) is 11.8 Å². The van der Waals surface area contributed by atoms with Crippen molar-refractivity contribution in [2.45, 2.75) is 37.5 Å². The third-order valence-corrected chi connectivity index (χ3v) is 5.47. The van der Waals surface area contributed by atoms with Gasteiger partial charge in [-0.25, -0.2) is 4.39 Å². The highest BCUT2D eigenvalue weighted by molar-refractivity contribution is 8.00. The molecule has 1 saturated heterocycles. The van der Waals surface area contributed by atoms with Gasteiger partial charge in [-0.3, -0.25) is 0 Å². The number of benzene rings is 1. The molecule has 0 saturated carbocycles. The van der Waals surface area contributed by atoms with Crippen LogP contribution in [0.15, 0.2) is 18.2 Å². The van der Waals surface area contributed by atoms with Crippen molar-refractivity contribution in [1.29, 1.82) is 0 Å². The first kappa shape index (κ1) is 14.2. The minimum absolute atomic E-state index is 0.105. The molecule has 1 aliphatic heterocycles. The fourth-order valence-corrected chi connectivity index (χ4v) is 4.27. The van der Waals surface area contributed by atoms with Crippen LogP contribution in [0, 0.1) is 5.82 Å². The molecule has 18 heavy (non-hydrogen) atoms. The van der Waals surface area contributed by atoms with E-state index in [0.29, 0.717) is 5.02 Å². The molecule has 0 radical (unpaired) electrons. The third-order valence-electron chi connectivity index (χ3n) is 3.54. The van der Waals surface area contributed by atoms with Crippen molar-refractivity contribution >= 4 is 23.4 Å². The number of hydrogen-bond donors (Lipinski definition) is 1. The Labute approximate surface area is 117 Å². The van der Waals surface area contributed by atoms with E-state index in [9.17, 15) is 4.39 Å². The Bertz CT molecular complexity index is 418. The lowest BCUT2D eigenvalue weighted by Gasteiger charge is -2.35. The molecular formula is C14H19ClFNS. The molecule has 0 bridgehead atoms. The number of nitrogens with one attached hydrogen (secondary N) is 1. The molecule has 0 aliphatic carbocycles. The van der Waals surface area contributed by atoms with Crippen LogP contribution < -0.4 is 5.32 Å². The van der Waals surface area contributed by atoms with Gasteiger partial charge in [0.05, 0.1) is 0 Å². The zero-order chi connectivity index (χ0) is 13.2. The van der Waals surface area contributed by atoms with Gasteiger partial charge in [0, 0.05) is 15.8 Å². The summed E-state index contributed by atoms with van der Waals surface area (Å²) in [6.07, 6.45) is 2.36. The first-order valence-corrected chi connectivity index (χ1v) is 7.75. The Hall–Kier alpha value is -0.250. The van der Waals surface area contributed by atoms with Crippen LogP contribution in [0.2, 0.25) is 5.02 Å². The van der Waals surface area contributed by atoms with Crippen LogP contribution in [0.25, 0.3) is 0 Å². The van der Waals surface area contributed by atoms with E-state index < -0.39 is 0 Å². The van der Waals surface area contributed by atoms with Crippen LogP contribution in [0.1, 0.15) is 38.3 Å². The zero-order valence-electron chi connectivity index (χ0n) is 10.8. The van der Waals surface area contributed by atoms with Crippen molar-refractivity contribution in [3.63, 3.8) is 0 Å². The molecule has 1 aliphatic rings. The number of rotatable bonds is 4. The molecule has 0 spiro atoms. The van der Waals surface area contributed by atoms with Gasteiger partial charge in [0.1, 0.15) is 5.82 Å². The van der Waals surface area contributed by atoms with Crippen LogP contribution in [0.4, 0.5) is 4.39 Å². The minimum Gasteiger partial charge on any atom is -0.309 e. The fourth-order valence-electron chi connectivity index (χ4n) is 2.62. The Morgan fingerprint density at radius 3 is 2.94 bits per heavy atom. The van der Waals surface area contributed by atoms with Crippen LogP contribution in [-0.2, 0) is 0 Å². The van der Waals surface area contributed by atoms with Crippen LogP contribution in [0.3, 0.4) is 0 Å². The molecule has 2 rings (SSSR count). The maximum absolute atomic E-state index is 13.5. The first-order chi connectivity index (χ1) is 8.57. The summed E-state index contributed by atoms with van der Waals surface area (Å²) >= 11 is 8.21. The maximum atomic E-state index is 13.5. The molecule has 1 N–H and O–H groups in total. The van der Waals surface area contributed by atoms with Crippen molar-refractivity contribution in [3.05, 3.63) is 34.6 Å². The highest BCUT2D eigenvalue weighted by atomic mass is 35.5. The van der Waals surface area contributed by atoms with Gasteiger partial charge in [0.25, 0.3) is 0 Å². The second-order valence-electron chi connectivity index (χ2n) is 4.92. The second kappa shape index (κ2) is 5.81. The SMILES string of the molecule is CCNC(c1cc(F)ccc1Cl)C1(C)CCCS1. The number of halogens is 2. The Balaban J connectivity index is 2.37. The van der Waals surface area contributed by atoms with Crippen LogP contribution in [0.5, 0.6) is 0 Å². The molecule has 0 amide bonds. The summed E-state index contributed by atoms with van der Waals surface area (Å²) in [6, 6.07) is 4.75. The molecule has 1 fully saturated rings. The van der Waals surface area contributed by atoms with Crippen molar-refractivity contribution in [2.75, 3.05) is 12.3 Å². The lowest BCUT2D eigenvalue weighted by Crippen LogP contribution is -2.37. The van der Waals surface area contributed by atoms with Crippen molar-refractivity contribution in [1.82, 2.24) is 5.32 Å². The van der Waals surface area contributed by atoms with Gasteiger partial charge in [-0.05, 0) is 55.8 Å². The molecule has 1 heterocycles. The quantitative estimate of drug-likeness (QED) is 0.880. The summed E-state index contributed by atoms with van der Waals surface area (Å²) in [7, 11) is 0. The summed E-state index contributed by atoms with van der Waals surface area (Å²) in [5.41, 5.74) is 0.885. The molecular weight excluding hydrogens is 269 g/mol. The lowest BCUT2D eigenvalue weighted by molar-refractivity contribution is 0.420. The normalized spacial score (nSPS) is 25.3. The molecule has 1 aromatic carbocycles. The van der Waals surface area contributed by atoms with E-state index >= 15 is 0 Å². The highest BCUT2D eigenvalue weighted by Gasteiger charge is 2.39. The Kier molecular flexibility index (Phi) is 4.57. The Morgan fingerprint density at radius 1 is 1.56 bits per heavy atom. The van der Waals surface area contributed by atoms with Gasteiger partial charge in [-0.1, -0.05) is 18.5 Å². The monoisotopic (exact) mass is 287 g/mol. The molecule has 2 atom stereocenters. The van der Waals surface area contributed by atoms with Crippen molar-refractivity contribution in [2.24, 2.45) is 0 Å². The highest BCUT2D eigenvalue weighted by Crippen LogP contribution is 2.47. The van der Waals surface area contributed by atoms with E-state index in [2.05, 4.69) is 19.2 Å². The molecule has 1 aromatic rings. The summed E-state index contributed by atoms with van der Waals surface area (Å²) in [4.78, 5) is 0. The predicted molar refractivity (Wildman–Crippen MR) is 77.9 cm³/mol. The molecule has 4 heteroatoms. The lowest BCUT2D eigenvalue weighted by atomic mass is 9.90. The first-order valence-electron chi connectivity index (χ1n) is 6.39. The number of hydrogen-bond acceptors (Lipinski definition) is 2. The smallest absolute Gasteiger partial charge is 0.123 e. The van der Waals surface area contributed by atoms with Crippen molar-refractivity contribution in [3.8, 4) is 0 Å². The summed E-state index contributed by atoms with van der Waals surface area (Å²) in [5, 5.41) is 4.13.